The van der Waals surface area contributed by atoms with Crippen molar-refractivity contribution in [3.63, 3.8) is 0 Å². The molecule has 3 rings (SSSR count). The number of carbonyl (C=O) groups is 1. The van der Waals surface area contributed by atoms with Gasteiger partial charge in [0.1, 0.15) is 0 Å². The summed E-state index contributed by atoms with van der Waals surface area (Å²) in [6, 6.07) is 4.18. The van der Waals surface area contributed by atoms with Crippen LogP contribution in [0.25, 0.3) is 0 Å². The van der Waals surface area contributed by atoms with E-state index in [-0.39, 0.29) is 5.97 Å². The van der Waals surface area contributed by atoms with E-state index in [1.807, 2.05) is 12.1 Å². The second-order valence-corrected chi connectivity index (χ2v) is 5.37. The highest BCUT2D eigenvalue weighted by molar-refractivity contribution is 5.97. The van der Waals surface area contributed by atoms with E-state index in [1.54, 1.807) is 0 Å². The lowest BCUT2D eigenvalue weighted by molar-refractivity contribution is 0.0602. The van der Waals surface area contributed by atoms with E-state index in [4.69, 9.17) is 15.2 Å². The zero-order chi connectivity index (χ0) is 14.1. The van der Waals surface area contributed by atoms with Gasteiger partial charge in [0.25, 0.3) is 0 Å². The molecule has 1 aromatic carbocycles. The number of methoxy groups -OCH3 is 1. The Labute approximate surface area is 118 Å². The summed E-state index contributed by atoms with van der Waals surface area (Å²) in [5.74, 6) is -0.378. The zero-order valence-electron chi connectivity index (χ0n) is 11.7. The van der Waals surface area contributed by atoms with Crippen molar-refractivity contribution in [3.8, 4) is 0 Å². The van der Waals surface area contributed by atoms with Gasteiger partial charge in [0.05, 0.1) is 25.3 Å². The molecule has 5 nitrogen and oxygen atoms in total. The monoisotopic (exact) mass is 276 g/mol. The van der Waals surface area contributed by atoms with Crippen molar-refractivity contribution < 1.29 is 14.3 Å². The first-order valence-corrected chi connectivity index (χ1v) is 7.06. The van der Waals surface area contributed by atoms with E-state index in [9.17, 15) is 4.79 Å². The topological polar surface area (TPSA) is 64.8 Å². The van der Waals surface area contributed by atoms with Gasteiger partial charge in [0.15, 0.2) is 0 Å². The van der Waals surface area contributed by atoms with Crippen LogP contribution in [0.3, 0.4) is 0 Å². The molecular formula is C15H20N2O3. The van der Waals surface area contributed by atoms with Crippen molar-refractivity contribution in [1.82, 2.24) is 0 Å². The molecule has 1 saturated heterocycles. The molecule has 5 heteroatoms. The van der Waals surface area contributed by atoms with E-state index in [1.165, 1.54) is 12.7 Å². The Kier molecular flexibility index (Phi) is 3.53. The largest absolute Gasteiger partial charge is 0.465 e. The van der Waals surface area contributed by atoms with Crippen LogP contribution in [0.1, 0.15) is 28.8 Å². The molecule has 0 aliphatic carbocycles. The summed E-state index contributed by atoms with van der Waals surface area (Å²) in [4.78, 5) is 14.1. The zero-order valence-corrected chi connectivity index (χ0v) is 11.7. The first kappa shape index (κ1) is 13.2. The molecule has 2 heterocycles. The summed E-state index contributed by atoms with van der Waals surface area (Å²) in [6.07, 6.45) is 3.20. The number of nitrogens with two attached hydrogens (primary N) is 1. The number of hydrogen-bond acceptors (Lipinski definition) is 5. The third-order valence-corrected chi connectivity index (χ3v) is 4.16. The van der Waals surface area contributed by atoms with Crippen LogP contribution in [0.2, 0.25) is 0 Å². The van der Waals surface area contributed by atoms with Gasteiger partial charge in [-0.15, -0.1) is 0 Å². The Balaban J connectivity index is 1.93. The Bertz CT molecular complexity index is 524. The quantitative estimate of drug-likeness (QED) is 0.656. The van der Waals surface area contributed by atoms with E-state index in [0.717, 1.165) is 44.7 Å². The fourth-order valence-electron chi connectivity index (χ4n) is 3.12. The normalized spacial score (nSPS) is 21.6. The van der Waals surface area contributed by atoms with Gasteiger partial charge in [0, 0.05) is 24.5 Å². The molecule has 1 aromatic rings. The third-order valence-electron chi connectivity index (χ3n) is 4.16. The molecule has 0 bridgehead atoms. The second-order valence-electron chi connectivity index (χ2n) is 5.37. The van der Waals surface area contributed by atoms with Crippen molar-refractivity contribution >= 4 is 17.3 Å². The SMILES string of the molecule is COC(=O)c1cc2c(cc1N)CCN2C1CCCOC1. The average Bonchev–Trinajstić information content (AvgIpc) is 2.89. The van der Waals surface area contributed by atoms with Crippen LogP contribution in [-0.2, 0) is 15.9 Å². The Hall–Kier alpha value is -1.75. The molecule has 108 valence electrons. The van der Waals surface area contributed by atoms with Crippen molar-refractivity contribution in [2.24, 2.45) is 0 Å². The molecule has 2 aliphatic rings. The lowest BCUT2D eigenvalue weighted by Crippen LogP contribution is -2.40. The fourth-order valence-corrected chi connectivity index (χ4v) is 3.12. The predicted molar refractivity (Wildman–Crippen MR) is 77.1 cm³/mol. The van der Waals surface area contributed by atoms with Gasteiger partial charge in [0.2, 0.25) is 0 Å². The van der Waals surface area contributed by atoms with Crippen molar-refractivity contribution in [3.05, 3.63) is 23.3 Å². The molecule has 1 fully saturated rings. The molecule has 0 saturated carbocycles. The maximum atomic E-state index is 11.8. The van der Waals surface area contributed by atoms with Gasteiger partial charge >= 0.3 is 5.97 Å². The Morgan fingerprint density at radius 3 is 3.05 bits per heavy atom. The third kappa shape index (κ3) is 2.22. The summed E-state index contributed by atoms with van der Waals surface area (Å²) in [6.45, 7) is 2.58. The molecule has 1 atom stereocenters. The molecule has 0 radical (unpaired) electrons. The standard InChI is InChI=1S/C15H20N2O3/c1-19-15(18)12-8-14-10(7-13(12)16)4-5-17(14)11-3-2-6-20-9-11/h7-8,11H,2-6,9,16H2,1H3. The predicted octanol–water partition coefficient (Wildman–Crippen LogP) is 1.60. The lowest BCUT2D eigenvalue weighted by Gasteiger charge is -2.33. The molecule has 0 spiro atoms. The number of fused-ring (bicyclic) bond motifs is 1. The van der Waals surface area contributed by atoms with E-state index in [2.05, 4.69) is 4.90 Å². The Morgan fingerprint density at radius 2 is 2.35 bits per heavy atom. The number of esters is 1. The fraction of sp³-hybridized carbons (Fsp3) is 0.533. The highest BCUT2D eigenvalue weighted by atomic mass is 16.5. The van der Waals surface area contributed by atoms with Gasteiger partial charge in [-0.05, 0) is 37.0 Å². The molecule has 1 unspecified atom stereocenters. The maximum Gasteiger partial charge on any atom is 0.340 e. The molecule has 2 N–H and O–H groups in total. The summed E-state index contributed by atoms with van der Waals surface area (Å²) in [5, 5.41) is 0. The minimum Gasteiger partial charge on any atom is -0.465 e. The van der Waals surface area contributed by atoms with Crippen LogP contribution >= 0.6 is 0 Å². The number of ether oxygens (including phenoxy) is 2. The number of anilines is 2. The van der Waals surface area contributed by atoms with Crippen molar-refractivity contribution in [2.45, 2.75) is 25.3 Å². The summed E-state index contributed by atoms with van der Waals surface area (Å²) in [7, 11) is 1.38. The van der Waals surface area contributed by atoms with Crippen LogP contribution < -0.4 is 10.6 Å². The average molecular weight is 276 g/mol. The van der Waals surface area contributed by atoms with E-state index >= 15 is 0 Å². The van der Waals surface area contributed by atoms with Crippen LogP contribution in [-0.4, -0.2) is 38.9 Å². The smallest absolute Gasteiger partial charge is 0.340 e. The van der Waals surface area contributed by atoms with Crippen molar-refractivity contribution in [1.29, 1.82) is 0 Å². The molecule has 2 aliphatic heterocycles. The van der Waals surface area contributed by atoms with Crippen LogP contribution in [0.15, 0.2) is 12.1 Å². The van der Waals surface area contributed by atoms with E-state index in [0.29, 0.717) is 17.3 Å². The highest BCUT2D eigenvalue weighted by Gasteiger charge is 2.29. The maximum absolute atomic E-state index is 11.8. The second kappa shape index (κ2) is 5.32. The minimum atomic E-state index is -0.378. The number of hydrogen-bond donors (Lipinski definition) is 1. The van der Waals surface area contributed by atoms with Crippen LogP contribution in [0.4, 0.5) is 11.4 Å². The van der Waals surface area contributed by atoms with Crippen molar-refractivity contribution in [2.75, 3.05) is 37.5 Å². The van der Waals surface area contributed by atoms with Gasteiger partial charge in [-0.2, -0.15) is 0 Å². The number of carbonyl (C=O) groups excluding carboxylic acids is 1. The minimum absolute atomic E-state index is 0.378. The van der Waals surface area contributed by atoms with Gasteiger partial charge in [-0.25, -0.2) is 4.79 Å². The lowest BCUT2D eigenvalue weighted by atomic mass is 10.1. The first-order chi connectivity index (χ1) is 9.70. The Morgan fingerprint density at radius 1 is 1.50 bits per heavy atom. The number of nitrogens with zero attached hydrogens (tertiary/aromatic N) is 1. The summed E-state index contributed by atoms with van der Waals surface area (Å²) in [5.41, 5.74) is 9.22. The van der Waals surface area contributed by atoms with Gasteiger partial charge < -0.3 is 20.1 Å². The van der Waals surface area contributed by atoms with E-state index < -0.39 is 0 Å². The molecule has 0 amide bonds. The van der Waals surface area contributed by atoms with Crippen LogP contribution in [0, 0.1) is 0 Å². The first-order valence-electron chi connectivity index (χ1n) is 7.06. The van der Waals surface area contributed by atoms with Gasteiger partial charge in [-0.1, -0.05) is 0 Å². The molecule has 20 heavy (non-hydrogen) atoms. The summed E-state index contributed by atoms with van der Waals surface area (Å²) >= 11 is 0. The van der Waals surface area contributed by atoms with Crippen LogP contribution in [0.5, 0.6) is 0 Å². The number of benzene rings is 1. The number of nitrogen functional groups attached to an aromatic ring is 1. The summed E-state index contributed by atoms with van der Waals surface area (Å²) < 4.78 is 10.4. The number of rotatable bonds is 2. The molecular weight excluding hydrogens is 256 g/mol. The van der Waals surface area contributed by atoms with Gasteiger partial charge in [-0.3, -0.25) is 0 Å². The molecule has 0 aromatic heterocycles. The highest BCUT2D eigenvalue weighted by Crippen LogP contribution is 2.35.